The number of hydrogen-bond donors (Lipinski definition) is 6. The van der Waals surface area contributed by atoms with E-state index in [0.29, 0.717) is 19.3 Å². The number of aliphatic hydroxyl groups excluding tert-OH is 5. The van der Waals surface area contributed by atoms with Crippen LogP contribution in [0.1, 0.15) is 194 Å². The molecule has 7 atom stereocenters. The SMILES string of the molecule is CC/C=C\C/C=C\C/C=C\C/C=C\C/C=C\C/C=C\C/C=C\C/C=C\C/C=C\C/C=C\C/C=C\C/C=C\CCCCC(=O)NC(COC1OC(CO)C(O)C(O)C1O)C(O)CCCCCCCCCCCCC. The average molecular weight is 1010 g/mol. The molecule has 1 heterocycles. The number of ether oxygens (including phenoxy) is 2. The van der Waals surface area contributed by atoms with Crippen LogP contribution in [0.4, 0.5) is 0 Å². The Labute approximate surface area is 444 Å². The number of rotatable bonds is 46. The Bertz CT molecular complexity index is 1650. The third kappa shape index (κ3) is 41.1. The van der Waals surface area contributed by atoms with Crippen LogP contribution in [0.3, 0.4) is 0 Å². The van der Waals surface area contributed by atoms with Gasteiger partial charge in [-0.05, 0) is 103 Å². The minimum absolute atomic E-state index is 0.165. The van der Waals surface area contributed by atoms with E-state index in [-0.39, 0.29) is 12.5 Å². The first kappa shape index (κ1) is 67.1. The summed E-state index contributed by atoms with van der Waals surface area (Å²) in [5.74, 6) is -0.194. The molecule has 7 unspecified atom stereocenters. The maximum atomic E-state index is 13.0. The summed E-state index contributed by atoms with van der Waals surface area (Å²) in [4.78, 5) is 13.0. The summed E-state index contributed by atoms with van der Waals surface area (Å²) in [6.45, 7) is 3.66. The number of nitrogens with one attached hydrogen (secondary N) is 1. The maximum Gasteiger partial charge on any atom is 0.220 e. The molecule has 1 aliphatic heterocycles. The molecule has 412 valence electrons. The summed E-state index contributed by atoms with van der Waals surface area (Å²) >= 11 is 0. The molecule has 0 aromatic carbocycles. The molecule has 1 amide bonds. The van der Waals surface area contributed by atoms with Crippen molar-refractivity contribution in [3.05, 3.63) is 146 Å². The van der Waals surface area contributed by atoms with E-state index in [1.165, 1.54) is 51.4 Å². The number of amides is 1. The van der Waals surface area contributed by atoms with E-state index in [9.17, 15) is 30.3 Å². The van der Waals surface area contributed by atoms with E-state index < -0.39 is 49.5 Å². The van der Waals surface area contributed by atoms with Crippen molar-refractivity contribution in [1.29, 1.82) is 0 Å². The van der Waals surface area contributed by atoms with Gasteiger partial charge in [-0.15, -0.1) is 0 Å². The summed E-state index contributed by atoms with van der Waals surface area (Å²) in [7, 11) is 0. The molecule has 1 aliphatic rings. The van der Waals surface area contributed by atoms with E-state index in [1.807, 2.05) is 0 Å². The van der Waals surface area contributed by atoms with Gasteiger partial charge in [-0.3, -0.25) is 4.79 Å². The van der Waals surface area contributed by atoms with Crippen LogP contribution in [0.2, 0.25) is 0 Å². The minimum atomic E-state index is -1.57. The smallest absolute Gasteiger partial charge is 0.220 e. The first-order chi connectivity index (χ1) is 35.8. The molecule has 6 N–H and O–H groups in total. The highest BCUT2D eigenvalue weighted by atomic mass is 16.7. The second-order valence-electron chi connectivity index (χ2n) is 19.0. The summed E-state index contributed by atoms with van der Waals surface area (Å²) in [5.41, 5.74) is 0. The highest BCUT2D eigenvalue weighted by Gasteiger charge is 2.44. The predicted molar refractivity (Wildman–Crippen MR) is 308 cm³/mol. The molecule has 73 heavy (non-hydrogen) atoms. The standard InChI is InChI=1S/C64H103NO8/c1-3-5-7-9-11-13-15-16-17-18-19-20-21-22-23-24-25-26-27-28-29-30-31-32-33-34-35-36-37-38-39-40-41-42-44-46-48-50-52-54-60(68)65-57(56-72-64-63(71)62(70)61(69)59(55-66)73-64)58(67)53-51-49-47-45-43-14-12-10-8-6-4-2/h5,7,11,13,16-17,19-20,22-23,25-26,28-29,31-32,34-35,37-38,40-41,44,46,57-59,61-64,66-67,69-71H,3-4,6,8-10,12,14-15,18,21,24,27,30,33,36,39,42-43,45,47-56H2,1-2H3,(H,65,68)/b7-5-,13-11-,17-16-,20-19-,23-22-,26-25-,29-28-,32-31-,35-34-,38-37-,41-40-,46-44-. The fourth-order valence-corrected chi connectivity index (χ4v) is 7.96. The second-order valence-corrected chi connectivity index (χ2v) is 19.0. The lowest BCUT2D eigenvalue weighted by Crippen LogP contribution is -2.60. The fourth-order valence-electron chi connectivity index (χ4n) is 7.96. The van der Waals surface area contributed by atoms with Crippen molar-refractivity contribution in [2.24, 2.45) is 0 Å². The zero-order chi connectivity index (χ0) is 52.9. The summed E-state index contributed by atoms with van der Waals surface area (Å²) in [6.07, 6.45) is 73.1. The van der Waals surface area contributed by atoms with Crippen molar-refractivity contribution in [2.75, 3.05) is 13.2 Å². The van der Waals surface area contributed by atoms with Gasteiger partial charge in [-0.25, -0.2) is 0 Å². The lowest BCUT2D eigenvalue weighted by atomic mass is 9.99. The zero-order valence-electron chi connectivity index (χ0n) is 45.6. The molecule has 1 saturated heterocycles. The van der Waals surface area contributed by atoms with Gasteiger partial charge in [-0.2, -0.15) is 0 Å². The van der Waals surface area contributed by atoms with Crippen molar-refractivity contribution in [3.8, 4) is 0 Å². The fraction of sp³-hybridized carbons (Fsp3) is 0.609. The summed E-state index contributed by atoms with van der Waals surface area (Å²) in [6, 6.07) is -0.752. The number of carbonyl (C=O) groups is 1. The van der Waals surface area contributed by atoms with Gasteiger partial charge in [-0.1, -0.05) is 230 Å². The third-order valence-corrected chi connectivity index (χ3v) is 12.5. The first-order valence-electron chi connectivity index (χ1n) is 28.5. The van der Waals surface area contributed by atoms with Gasteiger partial charge >= 0.3 is 0 Å². The number of hydrogen-bond acceptors (Lipinski definition) is 8. The van der Waals surface area contributed by atoms with Gasteiger partial charge in [0.15, 0.2) is 6.29 Å². The van der Waals surface area contributed by atoms with Gasteiger partial charge in [0.05, 0.1) is 25.4 Å². The van der Waals surface area contributed by atoms with E-state index in [1.54, 1.807) is 0 Å². The Morgan fingerprint density at radius 3 is 1.23 bits per heavy atom. The highest BCUT2D eigenvalue weighted by molar-refractivity contribution is 5.76. The Balaban J connectivity index is 2.20. The summed E-state index contributed by atoms with van der Waals surface area (Å²) in [5, 5.41) is 54.4. The van der Waals surface area contributed by atoms with Crippen LogP contribution in [0.15, 0.2) is 146 Å². The number of unbranched alkanes of at least 4 members (excludes halogenated alkanes) is 12. The van der Waals surface area contributed by atoms with Gasteiger partial charge in [0.1, 0.15) is 24.4 Å². The molecule has 0 bridgehead atoms. The van der Waals surface area contributed by atoms with E-state index in [0.717, 1.165) is 109 Å². The summed E-state index contributed by atoms with van der Waals surface area (Å²) < 4.78 is 11.2. The van der Waals surface area contributed by atoms with Crippen molar-refractivity contribution in [2.45, 2.75) is 236 Å². The molecular weight excluding hydrogens is 911 g/mol. The normalized spacial score (nSPS) is 20.2. The monoisotopic (exact) mass is 1010 g/mol. The van der Waals surface area contributed by atoms with Crippen LogP contribution in [-0.2, 0) is 14.3 Å². The second kappa shape index (κ2) is 51.6. The van der Waals surface area contributed by atoms with Crippen molar-refractivity contribution in [3.63, 3.8) is 0 Å². The number of allylic oxidation sites excluding steroid dienone is 24. The molecule has 0 aliphatic carbocycles. The number of carbonyl (C=O) groups excluding carboxylic acids is 1. The molecule has 0 spiro atoms. The zero-order valence-corrected chi connectivity index (χ0v) is 45.6. The topological polar surface area (TPSA) is 149 Å². The highest BCUT2D eigenvalue weighted by Crippen LogP contribution is 2.23. The maximum absolute atomic E-state index is 13.0. The lowest BCUT2D eigenvalue weighted by molar-refractivity contribution is -0.302. The van der Waals surface area contributed by atoms with Crippen molar-refractivity contribution >= 4 is 5.91 Å². The molecule has 1 rings (SSSR count). The van der Waals surface area contributed by atoms with Crippen molar-refractivity contribution < 1.29 is 39.8 Å². The molecule has 0 aromatic heterocycles. The average Bonchev–Trinajstić information content (AvgIpc) is 3.39. The first-order valence-corrected chi connectivity index (χ1v) is 28.5. The van der Waals surface area contributed by atoms with Gasteiger partial charge in [0, 0.05) is 6.42 Å². The Hall–Kier alpha value is -3.93. The third-order valence-electron chi connectivity index (χ3n) is 12.5. The molecule has 0 aromatic rings. The largest absolute Gasteiger partial charge is 0.394 e. The van der Waals surface area contributed by atoms with Crippen molar-refractivity contribution in [1.82, 2.24) is 5.32 Å². The van der Waals surface area contributed by atoms with Crippen LogP contribution >= 0.6 is 0 Å². The molecular formula is C64H103NO8. The van der Waals surface area contributed by atoms with Crippen LogP contribution in [-0.4, -0.2) is 87.5 Å². The molecule has 0 saturated carbocycles. The molecule has 9 nitrogen and oxygen atoms in total. The van der Waals surface area contributed by atoms with Gasteiger partial charge in [0.25, 0.3) is 0 Å². The van der Waals surface area contributed by atoms with Gasteiger partial charge in [0.2, 0.25) is 5.91 Å². The van der Waals surface area contributed by atoms with E-state index >= 15 is 0 Å². The predicted octanol–water partition coefficient (Wildman–Crippen LogP) is 14.3. The van der Waals surface area contributed by atoms with E-state index in [4.69, 9.17) is 9.47 Å². The van der Waals surface area contributed by atoms with Gasteiger partial charge < -0.3 is 40.3 Å². The number of aliphatic hydroxyl groups is 5. The Morgan fingerprint density at radius 1 is 0.479 bits per heavy atom. The quantitative estimate of drug-likeness (QED) is 0.0261. The van der Waals surface area contributed by atoms with Crippen LogP contribution < -0.4 is 5.32 Å². The van der Waals surface area contributed by atoms with Crippen LogP contribution in [0.5, 0.6) is 0 Å². The van der Waals surface area contributed by atoms with E-state index in [2.05, 4.69) is 165 Å². The molecule has 9 heteroatoms. The van der Waals surface area contributed by atoms with Crippen LogP contribution in [0, 0.1) is 0 Å². The molecule has 1 fully saturated rings. The minimum Gasteiger partial charge on any atom is -0.394 e. The molecule has 0 radical (unpaired) electrons. The Kier molecular flexibility index (Phi) is 47.4. The Morgan fingerprint density at radius 2 is 0.849 bits per heavy atom. The van der Waals surface area contributed by atoms with Crippen LogP contribution in [0.25, 0.3) is 0 Å². The lowest BCUT2D eigenvalue weighted by Gasteiger charge is -2.40.